The maximum absolute atomic E-state index is 13.0. The number of likely N-dealkylation sites (N-methyl/N-ethyl adjacent to an activating group) is 1. The Hall–Kier alpha value is -3.13. The van der Waals surface area contributed by atoms with Crippen LogP contribution in [0.5, 0.6) is 0 Å². The van der Waals surface area contributed by atoms with E-state index in [0.29, 0.717) is 5.95 Å². The molecule has 1 aromatic carbocycles. The van der Waals surface area contributed by atoms with Gasteiger partial charge in [-0.3, -0.25) is 4.79 Å². The summed E-state index contributed by atoms with van der Waals surface area (Å²) in [5, 5.41) is 4.32. The summed E-state index contributed by atoms with van der Waals surface area (Å²) in [6.07, 6.45) is 5.27. The van der Waals surface area contributed by atoms with Crippen molar-refractivity contribution in [1.29, 1.82) is 0 Å². The number of hydrogen-bond donors (Lipinski definition) is 1. The molecular weight excluding hydrogens is 426 g/mol. The normalized spacial score (nSPS) is 24.0. The van der Waals surface area contributed by atoms with E-state index < -0.39 is 0 Å². The Kier molecular flexibility index (Phi) is 4.85. The Morgan fingerprint density at radius 2 is 1.85 bits per heavy atom. The summed E-state index contributed by atoms with van der Waals surface area (Å²) in [6, 6.07) is 8.43. The lowest BCUT2D eigenvalue weighted by molar-refractivity contribution is -0.0870. The van der Waals surface area contributed by atoms with Gasteiger partial charge in [0, 0.05) is 68.8 Å². The number of piperazine rings is 1. The first-order chi connectivity index (χ1) is 16.3. The van der Waals surface area contributed by atoms with Gasteiger partial charge in [-0.25, -0.2) is 4.98 Å². The first-order valence-corrected chi connectivity index (χ1v) is 12.2. The van der Waals surface area contributed by atoms with Gasteiger partial charge in [0.1, 0.15) is 11.3 Å². The SMILES string of the molecule is Cc1cc(Nc2ncc3cc(C(=O)N(C)C)n(C45CC(C4)C5)c3n2)ccc1N1CCN(C)CC1. The highest BCUT2D eigenvalue weighted by Crippen LogP contribution is 2.63. The van der Waals surface area contributed by atoms with Crippen molar-refractivity contribution in [2.75, 3.05) is 57.5 Å². The maximum atomic E-state index is 13.0. The van der Waals surface area contributed by atoms with Gasteiger partial charge in [-0.2, -0.15) is 4.98 Å². The molecule has 7 rings (SSSR count). The highest BCUT2D eigenvalue weighted by molar-refractivity contribution is 5.98. The molecule has 3 aromatic rings. The minimum absolute atomic E-state index is 0.0207. The summed E-state index contributed by atoms with van der Waals surface area (Å²) in [4.78, 5) is 28.9. The minimum atomic E-state index is 0.0207. The number of nitrogens with zero attached hydrogens (tertiary/aromatic N) is 6. The molecule has 0 radical (unpaired) electrons. The van der Waals surface area contributed by atoms with Gasteiger partial charge in [0.2, 0.25) is 5.95 Å². The first-order valence-electron chi connectivity index (χ1n) is 12.2. The van der Waals surface area contributed by atoms with Crippen LogP contribution in [0, 0.1) is 12.8 Å². The zero-order chi connectivity index (χ0) is 23.6. The molecule has 1 aliphatic heterocycles. The van der Waals surface area contributed by atoms with E-state index in [9.17, 15) is 4.79 Å². The van der Waals surface area contributed by atoms with E-state index in [1.165, 1.54) is 11.3 Å². The van der Waals surface area contributed by atoms with E-state index in [2.05, 4.69) is 56.8 Å². The van der Waals surface area contributed by atoms with Gasteiger partial charge in [0.05, 0.1) is 0 Å². The van der Waals surface area contributed by atoms with E-state index in [-0.39, 0.29) is 11.4 Å². The van der Waals surface area contributed by atoms with Crippen LogP contribution in [0.3, 0.4) is 0 Å². The lowest BCUT2D eigenvalue weighted by Gasteiger charge is -2.62. The number of anilines is 3. The smallest absolute Gasteiger partial charge is 0.270 e. The van der Waals surface area contributed by atoms with Gasteiger partial charge < -0.3 is 24.6 Å². The lowest BCUT2D eigenvalue weighted by atomic mass is 9.49. The van der Waals surface area contributed by atoms with Crippen molar-refractivity contribution in [3.63, 3.8) is 0 Å². The first kappa shape index (κ1) is 21.4. The summed E-state index contributed by atoms with van der Waals surface area (Å²) < 4.78 is 2.21. The number of hydrogen-bond acceptors (Lipinski definition) is 6. The van der Waals surface area contributed by atoms with Gasteiger partial charge in [-0.05, 0) is 69.0 Å². The number of carbonyl (C=O) groups is 1. The van der Waals surface area contributed by atoms with Crippen LogP contribution in [0.25, 0.3) is 11.0 Å². The number of rotatable bonds is 5. The molecule has 3 saturated carbocycles. The van der Waals surface area contributed by atoms with Crippen molar-refractivity contribution in [2.45, 2.75) is 31.7 Å². The topological polar surface area (TPSA) is 69.5 Å². The molecule has 0 unspecified atom stereocenters. The summed E-state index contributed by atoms with van der Waals surface area (Å²) in [5.41, 5.74) is 5.14. The number of benzene rings is 1. The highest BCUT2D eigenvalue weighted by atomic mass is 16.2. The fourth-order valence-electron chi connectivity index (χ4n) is 5.89. The molecular formula is C26H33N7O. The molecule has 8 heteroatoms. The quantitative estimate of drug-likeness (QED) is 0.630. The second-order valence-electron chi connectivity index (χ2n) is 10.7. The third-order valence-corrected chi connectivity index (χ3v) is 7.94. The van der Waals surface area contributed by atoms with Crippen molar-refractivity contribution in [1.82, 2.24) is 24.3 Å². The largest absolute Gasteiger partial charge is 0.369 e. The number of nitrogens with one attached hydrogen (secondary N) is 1. The second kappa shape index (κ2) is 7.70. The average Bonchev–Trinajstić information content (AvgIpc) is 3.11. The number of carbonyl (C=O) groups excluding carboxylic acids is 1. The summed E-state index contributed by atoms with van der Waals surface area (Å²) >= 11 is 0. The van der Waals surface area contributed by atoms with Gasteiger partial charge in [0.25, 0.3) is 5.91 Å². The van der Waals surface area contributed by atoms with Crippen LogP contribution in [0.15, 0.2) is 30.5 Å². The van der Waals surface area contributed by atoms with Crippen molar-refractivity contribution in [3.8, 4) is 0 Å². The zero-order valence-electron chi connectivity index (χ0n) is 20.5. The molecule has 1 N–H and O–H groups in total. The van der Waals surface area contributed by atoms with Crippen molar-refractivity contribution >= 4 is 34.3 Å². The second-order valence-corrected chi connectivity index (χ2v) is 10.7. The van der Waals surface area contributed by atoms with Crippen molar-refractivity contribution in [3.05, 3.63) is 41.7 Å². The Balaban J connectivity index is 1.30. The predicted octanol–water partition coefficient (Wildman–Crippen LogP) is 3.45. The molecule has 3 aliphatic carbocycles. The Bertz CT molecular complexity index is 1250. The zero-order valence-corrected chi connectivity index (χ0v) is 20.5. The van der Waals surface area contributed by atoms with Crippen LogP contribution in [0.1, 0.15) is 35.3 Å². The highest BCUT2D eigenvalue weighted by Gasteiger charge is 2.59. The van der Waals surface area contributed by atoms with E-state index in [1.807, 2.05) is 12.3 Å². The third-order valence-electron chi connectivity index (χ3n) is 7.94. The number of fused-ring (bicyclic) bond motifs is 1. The number of amides is 1. The average molecular weight is 460 g/mol. The van der Waals surface area contributed by atoms with Crippen LogP contribution in [0.2, 0.25) is 0 Å². The van der Waals surface area contributed by atoms with Gasteiger partial charge in [-0.1, -0.05) is 0 Å². The maximum Gasteiger partial charge on any atom is 0.270 e. The van der Waals surface area contributed by atoms with Crippen LogP contribution in [-0.2, 0) is 5.54 Å². The molecule has 1 saturated heterocycles. The van der Waals surface area contributed by atoms with Gasteiger partial charge >= 0.3 is 0 Å². The Morgan fingerprint density at radius 1 is 1.12 bits per heavy atom. The van der Waals surface area contributed by atoms with Crippen molar-refractivity contribution < 1.29 is 4.79 Å². The molecule has 34 heavy (non-hydrogen) atoms. The molecule has 4 aliphatic rings. The Morgan fingerprint density at radius 3 is 2.47 bits per heavy atom. The fraction of sp³-hybridized carbons (Fsp3) is 0.500. The van der Waals surface area contributed by atoms with Crippen LogP contribution < -0.4 is 10.2 Å². The third kappa shape index (κ3) is 3.35. The fourth-order valence-corrected chi connectivity index (χ4v) is 5.89. The van der Waals surface area contributed by atoms with Gasteiger partial charge in [-0.15, -0.1) is 0 Å². The molecule has 8 nitrogen and oxygen atoms in total. The molecule has 178 valence electrons. The number of aryl methyl sites for hydroxylation is 1. The van der Waals surface area contributed by atoms with Gasteiger partial charge in [0.15, 0.2) is 0 Å². The summed E-state index contributed by atoms with van der Waals surface area (Å²) in [5.74, 6) is 1.39. The molecule has 0 atom stereocenters. The van der Waals surface area contributed by atoms with Crippen molar-refractivity contribution in [2.24, 2.45) is 5.92 Å². The molecule has 2 bridgehead atoms. The van der Waals surface area contributed by atoms with Crippen LogP contribution in [0.4, 0.5) is 17.3 Å². The predicted molar refractivity (Wildman–Crippen MR) is 135 cm³/mol. The van der Waals surface area contributed by atoms with E-state index in [1.54, 1.807) is 19.0 Å². The minimum Gasteiger partial charge on any atom is -0.369 e. The summed E-state index contributed by atoms with van der Waals surface area (Å²) in [7, 11) is 5.79. The van der Waals surface area contributed by atoms with Crippen LogP contribution in [-0.4, -0.2) is 77.6 Å². The molecule has 1 amide bonds. The van der Waals surface area contributed by atoms with E-state index in [0.717, 1.165) is 73.8 Å². The lowest BCUT2D eigenvalue weighted by Crippen LogP contribution is -2.60. The molecule has 2 aromatic heterocycles. The molecule has 0 spiro atoms. The summed E-state index contributed by atoms with van der Waals surface area (Å²) in [6.45, 7) is 6.45. The standard InChI is InChI=1S/C26H33N7O/c1-17-11-20(5-6-21(17)32-9-7-31(4)8-10-32)28-25-27-16-19-12-22(24(34)30(2)3)33(23(19)29-25)26-13-18(14-26)15-26/h5-6,11-12,16,18H,7-10,13-15H2,1-4H3,(H,27,28,29). The molecule has 4 fully saturated rings. The Labute approximate surface area is 200 Å². The molecule has 3 heterocycles. The number of aromatic nitrogens is 3. The van der Waals surface area contributed by atoms with E-state index in [4.69, 9.17) is 4.98 Å². The monoisotopic (exact) mass is 459 g/mol. The van der Waals surface area contributed by atoms with Crippen LogP contribution >= 0.6 is 0 Å². The van der Waals surface area contributed by atoms with E-state index >= 15 is 0 Å².